The molecule has 0 amide bonds. The Morgan fingerprint density at radius 2 is 2.40 bits per heavy atom. The number of esters is 1. The first-order valence-corrected chi connectivity index (χ1v) is 4.92. The summed E-state index contributed by atoms with van der Waals surface area (Å²) in [5.74, 6) is -0.193. The summed E-state index contributed by atoms with van der Waals surface area (Å²) < 4.78 is 4.68. The van der Waals surface area contributed by atoms with Gasteiger partial charge in [-0.05, 0) is 18.6 Å². The molecular weight excluding hydrogens is 190 g/mol. The average Bonchev–Trinajstić information content (AvgIpc) is 2.55. The number of allylic oxidation sites excluding steroid dienone is 1. The second kappa shape index (κ2) is 3.85. The van der Waals surface area contributed by atoms with Crippen molar-refractivity contribution in [2.45, 2.75) is 19.8 Å². The molecule has 0 aliphatic heterocycles. The fourth-order valence-corrected chi connectivity index (χ4v) is 1.90. The standard InChI is InChI=1S/C12H13NO2/c1-8-6-11-9(4-3-5-13-11)10(8)7-12(14)15-2/h3-5H,6-7H2,1-2H3. The normalized spacial score (nSPS) is 14.0. The number of carbonyl (C=O) groups excluding carboxylic acids is 1. The lowest BCUT2D eigenvalue weighted by molar-refractivity contribution is -0.139. The largest absolute Gasteiger partial charge is 0.469 e. The second-order valence-corrected chi connectivity index (χ2v) is 3.69. The van der Waals surface area contributed by atoms with Crippen LogP contribution in [0.15, 0.2) is 23.9 Å². The van der Waals surface area contributed by atoms with Crippen LogP contribution in [0.3, 0.4) is 0 Å². The summed E-state index contributed by atoms with van der Waals surface area (Å²) in [5, 5.41) is 0. The third-order valence-electron chi connectivity index (χ3n) is 2.71. The van der Waals surface area contributed by atoms with Crippen molar-refractivity contribution in [1.29, 1.82) is 0 Å². The highest BCUT2D eigenvalue weighted by Gasteiger charge is 2.21. The van der Waals surface area contributed by atoms with Crippen LogP contribution in [-0.4, -0.2) is 18.1 Å². The van der Waals surface area contributed by atoms with Crippen LogP contribution >= 0.6 is 0 Å². The molecule has 0 spiro atoms. The van der Waals surface area contributed by atoms with Gasteiger partial charge in [0.15, 0.2) is 0 Å². The van der Waals surface area contributed by atoms with Crippen molar-refractivity contribution in [2.75, 3.05) is 7.11 Å². The van der Waals surface area contributed by atoms with Crippen LogP contribution in [0.5, 0.6) is 0 Å². The molecule has 1 aromatic rings. The number of methoxy groups -OCH3 is 1. The first-order valence-electron chi connectivity index (χ1n) is 4.92. The monoisotopic (exact) mass is 203 g/mol. The van der Waals surface area contributed by atoms with Gasteiger partial charge >= 0.3 is 5.97 Å². The van der Waals surface area contributed by atoms with E-state index in [4.69, 9.17) is 0 Å². The van der Waals surface area contributed by atoms with Crippen molar-refractivity contribution in [1.82, 2.24) is 4.98 Å². The fraction of sp³-hybridized carbons (Fsp3) is 0.333. The summed E-state index contributed by atoms with van der Waals surface area (Å²) in [7, 11) is 1.41. The molecule has 0 saturated heterocycles. The Bertz CT molecular complexity index is 435. The maximum absolute atomic E-state index is 11.2. The van der Waals surface area contributed by atoms with E-state index in [1.165, 1.54) is 12.7 Å². The van der Waals surface area contributed by atoms with Gasteiger partial charge in [0.1, 0.15) is 0 Å². The zero-order chi connectivity index (χ0) is 10.8. The molecule has 0 saturated carbocycles. The van der Waals surface area contributed by atoms with Crippen molar-refractivity contribution < 1.29 is 9.53 Å². The number of fused-ring (bicyclic) bond motifs is 1. The molecule has 3 heteroatoms. The van der Waals surface area contributed by atoms with Crippen LogP contribution in [0, 0.1) is 0 Å². The van der Waals surface area contributed by atoms with E-state index in [2.05, 4.69) is 9.72 Å². The molecular formula is C12H13NO2. The van der Waals surface area contributed by atoms with E-state index in [1.54, 1.807) is 6.20 Å². The number of hydrogen-bond donors (Lipinski definition) is 0. The molecule has 0 bridgehead atoms. The van der Waals surface area contributed by atoms with Gasteiger partial charge in [-0.3, -0.25) is 9.78 Å². The number of rotatable bonds is 2. The molecule has 0 aromatic carbocycles. The number of aromatic nitrogens is 1. The minimum atomic E-state index is -0.193. The summed E-state index contributed by atoms with van der Waals surface area (Å²) in [4.78, 5) is 15.5. The maximum atomic E-state index is 11.2. The molecule has 0 atom stereocenters. The minimum Gasteiger partial charge on any atom is -0.469 e. The number of ether oxygens (including phenoxy) is 1. The lowest BCUT2D eigenvalue weighted by atomic mass is 10.0. The SMILES string of the molecule is COC(=O)CC1=C(C)Cc2ncccc21. The first-order chi connectivity index (χ1) is 7.22. The Balaban J connectivity index is 2.32. The van der Waals surface area contributed by atoms with E-state index < -0.39 is 0 Å². The zero-order valence-electron chi connectivity index (χ0n) is 8.91. The molecule has 1 aliphatic rings. The van der Waals surface area contributed by atoms with Crippen LogP contribution in [0.4, 0.5) is 0 Å². The summed E-state index contributed by atoms with van der Waals surface area (Å²) in [6.07, 6.45) is 2.98. The van der Waals surface area contributed by atoms with Crippen molar-refractivity contribution in [2.24, 2.45) is 0 Å². The van der Waals surface area contributed by atoms with Gasteiger partial charge in [-0.1, -0.05) is 11.6 Å². The van der Waals surface area contributed by atoms with Gasteiger partial charge in [0, 0.05) is 18.2 Å². The van der Waals surface area contributed by atoms with Crippen LogP contribution in [-0.2, 0) is 16.0 Å². The summed E-state index contributed by atoms with van der Waals surface area (Å²) in [5.41, 5.74) is 4.45. The lowest BCUT2D eigenvalue weighted by Crippen LogP contribution is -2.01. The molecule has 1 aromatic heterocycles. The molecule has 3 nitrogen and oxygen atoms in total. The first kappa shape index (κ1) is 9.90. The molecule has 78 valence electrons. The van der Waals surface area contributed by atoms with Crippen molar-refractivity contribution in [3.8, 4) is 0 Å². The second-order valence-electron chi connectivity index (χ2n) is 3.69. The topological polar surface area (TPSA) is 39.2 Å². The minimum absolute atomic E-state index is 0.193. The van der Waals surface area contributed by atoms with Gasteiger partial charge in [0.05, 0.1) is 19.2 Å². The van der Waals surface area contributed by atoms with Gasteiger partial charge in [0.25, 0.3) is 0 Å². The highest BCUT2D eigenvalue weighted by atomic mass is 16.5. The molecule has 15 heavy (non-hydrogen) atoms. The van der Waals surface area contributed by atoms with E-state index >= 15 is 0 Å². The average molecular weight is 203 g/mol. The van der Waals surface area contributed by atoms with E-state index in [0.717, 1.165) is 23.3 Å². The number of hydrogen-bond acceptors (Lipinski definition) is 3. The van der Waals surface area contributed by atoms with Gasteiger partial charge in [-0.25, -0.2) is 0 Å². The highest BCUT2D eigenvalue weighted by molar-refractivity contribution is 5.88. The zero-order valence-corrected chi connectivity index (χ0v) is 8.91. The Morgan fingerprint density at radius 1 is 1.60 bits per heavy atom. The highest BCUT2D eigenvalue weighted by Crippen LogP contribution is 2.33. The van der Waals surface area contributed by atoms with E-state index in [1.807, 2.05) is 19.1 Å². The van der Waals surface area contributed by atoms with Crippen molar-refractivity contribution in [3.63, 3.8) is 0 Å². The molecule has 2 rings (SSSR count). The maximum Gasteiger partial charge on any atom is 0.309 e. The lowest BCUT2D eigenvalue weighted by Gasteiger charge is -2.04. The van der Waals surface area contributed by atoms with E-state index in [0.29, 0.717) is 6.42 Å². The smallest absolute Gasteiger partial charge is 0.309 e. The molecule has 1 heterocycles. The number of nitrogens with zero attached hydrogens (tertiary/aromatic N) is 1. The van der Waals surface area contributed by atoms with Gasteiger partial charge in [-0.2, -0.15) is 0 Å². The number of pyridine rings is 1. The Labute approximate surface area is 88.8 Å². The van der Waals surface area contributed by atoms with Gasteiger partial charge < -0.3 is 4.74 Å². The van der Waals surface area contributed by atoms with Gasteiger partial charge in [0.2, 0.25) is 0 Å². The summed E-state index contributed by atoms with van der Waals surface area (Å²) in [6.45, 7) is 2.04. The quantitative estimate of drug-likeness (QED) is 0.690. The van der Waals surface area contributed by atoms with Crippen LogP contribution in [0.25, 0.3) is 5.57 Å². The Morgan fingerprint density at radius 3 is 3.13 bits per heavy atom. The number of carbonyl (C=O) groups is 1. The fourth-order valence-electron chi connectivity index (χ4n) is 1.90. The Hall–Kier alpha value is -1.64. The molecule has 0 N–H and O–H groups in total. The predicted molar refractivity (Wildman–Crippen MR) is 57.2 cm³/mol. The van der Waals surface area contributed by atoms with E-state index in [9.17, 15) is 4.79 Å². The third kappa shape index (κ3) is 1.77. The molecule has 1 aliphatic carbocycles. The third-order valence-corrected chi connectivity index (χ3v) is 2.71. The van der Waals surface area contributed by atoms with Crippen LogP contribution in [0.1, 0.15) is 24.6 Å². The van der Waals surface area contributed by atoms with Crippen molar-refractivity contribution in [3.05, 3.63) is 35.2 Å². The van der Waals surface area contributed by atoms with E-state index in [-0.39, 0.29) is 5.97 Å². The molecule has 0 radical (unpaired) electrons. The Kier molecular flexibility index (Phi) is 2.54. The van der Waals surface area contributed by atoms with Gasteiger partial charge in [-0.15, -0.1) is 0 Å². The van der Waals surface area contributed by atoms with Crippen LogP contribution < -0.4 is 0 Å². The van der Waals surface area contributed by atoms with Crippen molar-refractivity contribution >= 4 is 11.5 Å². The van der Waals surface area contributed by atoms with Crippen LogP contribution in [0.2, 0.25) is 0 Å². The molecule has 0 unspecified atom stereocenters. The molecule has 0 fully saturated rings. The summed E-state index contributed by atoms with van der Waals surface area (Å²) >= 11 is 0. The summed E-state index contributed by atoms with van der Waals surface area (Å²) in [6, 6.07) is 3.91. The predicted octanol–water partition coefficient (Wildman–Crippen LogP) is 1.97.